The highest BCUT2D eigenvalue weighted by molar-refractivity contribution is 6.16. The summed E-state index contributed by atoms with van der Waals surface area (Å²) in [5.41, 5.74) is 1.85. The fourth-order valence-electron chi connectivity index (χ4n) is 1.44. The predicted molar refractivity (Wildman–Crippen MR) is 68.2 cm³/mol. The van der Waals surface area contributed by atoms with Gasteiger partial charge in [0.1, 0.15) is 12.0 Å². The molecular weight excluding hydrogens is 254 g/mol. The van der Waals surface area contributed by atoms with Gasteiger partial charge in [0.2, 0.25) is 0 Å². The van der Waals surface area contributed by atoms with Crippen LogP contribution in [0.1, 0.15) is 11.3 Å². The second kappa shape index (κ2) is 6.42. The molecule has 0 saturated carbocycles. The zero-order chi connectivity index (χ0) is 12.8. The molecule has 2 rings (SSSR count). The standard InChI is InChI=1S/C13H14ClNO3/c1-16-7-6-10-2-4-12(5-3-10)18-13-15-11(8-14)9-17-13/h2-5,9H,6-8H2,1H3. The van der Waals surface area contributed by atoms with Crippen LogP contribution >= 0.6 is 11.6 Å². The summed E-state index contributed by atoms with van der Waals surface area (Å²) in [7, 11) is 1.69. The second-order valence-corrected chi connectivity index (χ2v) is 3.99. The first-order valence-electron chi connectivity index (χ1n) is 5.58. The fraction of sp³-hybridized carbons (Fsp3) is 0.308. The summed E-state index contributed by atoms with van der Waals surface area (Å²) < 4.78 is 15.6. The molecule has 0 aliphatic carbocycles. The fourth-order valence-corrected chi connectivity index (χ4v) is 1.56. The van der Waals surface area contributed by atoms with Crippen molar-refractivity contribution in [1.82, 2.24) is 4.98 Å². The molecule has 1 aromatic carbocycles. The van der Waals surface area contributed by atoms with Crippen molar-refractivity contribution >= 4 is 11.6 Å². The van der Waals surface area contributed by atoms with Crippen LogP contribution in [0.4, 0.5) is 0 Å². The van der Waals surface area contributed by atoms with E-state index in [1.54, 1.807) is 7.11 Å². The molecular formula is C13H14ClNO3. The zero-order valence-electron chi connectivity index (χ0n) is 10.1. The van der Waals surface area contributed by atoms with Crippen molar-refractivity contribution < 1.29 is 13.9 Å². The zero-order valence-corrected chi connectivity index (χ0v) is 10.8. The second-order valence-electron chi connectivity index (χ2n) is 3.73. The molecule has 2 aromatic rings. The van der Waals surface area contributed by atoms with Crippen molar-refractivity contribution in [2.75, 3.05) is 13.7 Å². The Morgan fingerprint density at radius 3 is 2.67 bits per heavy atom. The van der Waals surface area contributed by atoms with E-state index in [1.165, 1.54) is 11.8 Å². The van der Waals surface area contributed by atoms with E-state index in [0.717, 1.165) is 6.42 Å². The summed E-state index contributed by atoms with van der Waals surface area (Å²) in [6, 6.07) is 7.71. The van der Waals surface area contributed by atoms with Crippen LogP contribution in [-0.4, -0.2) is 18.7 Å². The van der Waals surface area contributed by atoms with E-state index in [2.05, 4.69) is 4.98 Å². The molecule has 0 bridgehead atoms. The lowest BCUT2D eigenvalue weighted by molar-refractivity contribution is 0.202. The molecule has 0 fully saturated rings. The van der Waals surface area contributed by atoms with Crippen LogP contribution in [0.5, 0.6) is 11.8 Å². The van der Waals surface area contributed by atoms with Gasteiger partial charge in [-0.3, -0.25) is 0 Å². The van der Waals surface area contributed by atoms with Gasteiger partial charge in [-0.1, -0.05) is 12.1 Å². The van der Waals surface area contributed by atoms with E-state index in [1.807, 2.05) is 24.3 Å². The molecule has 96 valence electrons. The monoisotopic (exact) mass is 267 g/mol. The van der Waals surface area contributed by atoms with Gasteiger partial charge in [0.25, 0.3) is 0 Å². The Balaban J connectivity index is 1.97. The van der Waals surface area contributed by atoms with Crippen LogP contribution in [-0.2, 0) is 17.0 Å². The number of nitrogens with zero attached hydrogens (tertiary/aromatic N) is 1. The lowest BCUT2D eigenvalue weighted by atomic mass is 10.1. The van der Waals surface area contributed by atoms with Crippen LogP contribution in [0.15, 0.2) is 34.9 Å². The molecule has 0 aliphatic rings. The van der Waals surface area contributed by atoms with Gasteiger partial charge in [0.15, 0.2) is 0 Å². The first kappa shape index (κ1) is 12.9. The molecule has 0 atom stereocenters. The Hall–Kier alpha value is -1.52. The molecule has 0 amide bonds. The summed E-state index contributed by atoms with van der Waals surface area (Å²) >= 11 is 5.62. The molecule has 0 saturated heterocycles. The van der Waals surface area contributed by atoms with E-state index in [-0.39, 0.29) is 6.08 Å². The van der Waals surface area contributed by atoms with Crippen molar-refractivity contribution in [2.24, 2.45) is 0 Å². The maximum Gasteiger partial charge on any atom is 0.399 e. The van der Waals surface area contributed by atoms with E-state index in [9.17, 15) is 0 Å². The third-order valence-electron chi connectivity index (χ3n) is 2.39. The smallest absolute Gasteiger partial charge is 0.399 e. The molecule has 0 radical (unpaired) electrons. The number of benzene rings is 1. The molecule has 4 nitrogen and oxygen atoms in total. The molecule has 0 unspecified atom stereocenters. The van der Waals surface area contributed by atoms with Gasteiger partial charge < -0.3 is 13.9 Å². The number of alkyl halides is 1. The third kappa shape index (κ3) is 3.48. The summed E-state index contributed by atoms with van der Waals surface area (Å²) in [6.07, 6.45) is 2.57. The lowest BCUT2D eigenvalue weighted by Gasteiger charge is -2.03. The average molecular weight is 268 g/mol. The minimum Gasteiger partial charge on any atom is -0.417 e. The Kier molecular flexibility index (Phi) is 4.61. The topological polar surface area (TPSA) is 44.5 Å². The third-order valence-corrected chi connectivity index (χ3v) is 2.66. The normalized spacial score (nSPS) is 10.6. The van der Waals surface area contributed by atoms with Gasteiger partial charge in [-0.2, -0.15) is 4.98 Å². The number of halogens is 1. The van der Waals surface area contributed by atoms with Gasteiger partial charge in [-0.15, -0.1) is 11.6 Å². The number of ether oxygens (including phenoxy) is 2. The summed E-state index contributed by atoms with van der Waals surface area (Å²) in [5.74, 6) is 0.988. The molecule has 0 N–H and O–H groups in total. The molecule has 0 spiro atoms. The highest BCUT2D eigenvalue weighted by atomic mass is 35.5. The number of rotatable bonds is 6. The van der Waals surface area contributed by atoms with E-state index >= 15 is 0 Å². The summed E-state index contributed by atoms with van der Waals surface area (Å²) in [5, 5.41) is 0. The lowest BCUT2D eigenvalue weighted by Crippen LogP contribution is -1.94. The van der Waals surface area contributed by atoms with Crippen molar-refractivity contribution in [1.29, 1.82) is 0 Å². The Bertz CT molecular complexity index is 481. The molecule has 5 heteroatoms. The summed E-state index contributed by atoms with van der Waals surface area (Å²) in [4.78, 5) is 4.06. The summed E-state index contributed by atoms with van der Waals surface area (Å²) in [6.45, 7) is 0.707. The predicted octanol–water partition coefficient (Wildman–Crippen LogP) is 3.39. The van der Waals surface area contributed by atoms with Crippen LogP contribution in [0, 0.1) is 0 Å². The van der Waals surface area contributed by atoms with Crippen LogP contribution in [0.2, 0.25) is 0 Å². The quantitative estimate of drug-likeness (QED) is 0.753. The molecule has 1 heterocycles. The minimum absolute atomic E-state index is 0.204. The van der Waals surface area contributed by atoms with Crippen molar-refractivity contribution in [2.45, 2.75) is 12.3 Å². The maximum absolute atomic E-state index is 5.62. The number of aromatic nitrogens is 1. The number of hydrogen-bond donors (Lipinski definition) is 0. The highest BCUT2D eigenvalue weighted by Crippen LogP contribution is 2.21. The minimum atomic E-state index is 0.204. The van der Waals surface area contributed by atoms with Gasteiger partial charge in [-0.25, -0.2) is 0 Å². The average Bonchev–Trinajstić information content (AvgIpc) is 2.86. The van der Waals surface area contributed by atoms with Gasteiger partial charge in [-0.05, 0) is 24.1 Å². The van der Waals surface area contributed by atoms with E-state index in [4.69, 9.17) is 25.5 Å². The van der Waals surface area contributed by atoms with E-state index in [0.29, 0.717) is 23.9 Å². The molecule has 1 aromatic heterocycles. The van der Waals surface area contributed by atoms with Crippen LogP contribution in [0.3, 0.4) is 0 Å². The Morgan fingerprint density at radius 2 is 2.06 bits per heavy atom. The molecule has 18 heavy (non-hydrogen) atoms. The number of hydrogen-bond acceptors (Lipinski definition) is 4. The SMILES string of the molecule is COCCc1ccc(Oc2nc(CCl)co2)cc1. The highest BCUT2D eigenvalue weighted by Gasteiger charge is 2.05. The van der Waals surface area contributed by atoms with Gasteiger partial charge in [0, 0.05) is 7.11 Å². The van der Waals surface area contributed by atoms with Crippen molar-refractivity contribution in [3.63, 3.8) is 0 Å². The first-order chi connectivity index (χ1) is 8.81. The molecule has 0 aliphatic heterocycles. The van der Waals surface area contributed by atoms with Crippen molar-refractivity contribution in [3.8, 4) is 11.8 Å². The van der Waals surface area contributed by atoms with Crippen LogP contribution in [0.25, 0.3) is 0 Å². The Morgan fingerprint density at radius 1 is 1.28 bits per heavy atom. The largest absolute Gasteiger partial charge is 0.417 e. The Labute approximate surface area is 110 Å². The van der Waals surface area contributed by atoms with E-state index < -0.39 is 0 Å². The number of oxazole rings is 1. The van der Waals surface area contributed by atoms with Gasteiger partial charge in [0.05, 0.1) is 18.2 Å². The van der Waals surface area contributed by atoms with Gasteiger partial charge >= 0.3 is 6.08 Å². The number of methoxy groups -OCH3 is 1. The van der Waals surface area contributed by atoms with Crippen LogP contribution < -0.4 is 4.74 Å². The first-order valence-corrected chi connectivity index (χ1v) is 6.11. The van der Waals surface area contributed by atoms with Crippen molar-refractivity contribution in [3.05, 3.63) is 41.8 Å². The maximum atomic E-state index is 5.62.